The Bertz CT molecular complexity index is 424. The molecule has 0 fully saturated rings. The van der Waals surface area contributed by atoms with Crippen molar-refractivity contribution in [1.29, 1.82) is 0 Å². The van der Waals surface area contributed by atoms with E-state index < -0.39 is 35.0 Å². The second-order valence-corrected chi connectivity index (χ2v) is 3.29. The fourth-order valence-electron chi connectivity index (χ4n) is 1.03. The van der Waals surface area contributed by atoms with Gasteiger partial charge in [0, 0.05) is 19.7 Å². The first kappa shape index (κ1) is 13.3. The lowest BCUT2D eigenvalue weighted by molar-refractivity contribution is 0.224. The van der Waals surface area contributed by atoms with E-state index in [1.807, 2.05) is 0 Å². The molecule has 0 saturated heterocycles. The number of carbonyl (C=O) groups excluding carboxylic acids is 1. The van der Waals surface area contributed by atoms with Gasteiger partial charge in [0.1, 0.15) is 5.69 Å². The minimum atomic E-state index is -1.64. The summed E-state index contributed by atoms with van der Waals surface area (Å²) in [5, 5.41) is 1.77. The number of nitrogens with one attached hydrogen (secondary N) is 1. The summed E-state index contributed by atoms with van der Waals surface area (Å²) in [7, 11) is 1.36. The van der Waals surface area contributed by atoms with Crippen LogP contribution in [-0.2, 0) is 0 Å². The maximum absolute atomic E-state index is 13.2. The van der Waals surface area contributed by atoms with Gasteiger partial charge in [0.15, 0.2) is 23.3 Å². The van der Waals surface area contributed by atoms with Gasteiger partial charge in [-0.2, -0.15) is 0 Å². The lowest BCUT2D eigenvalue weighted by Crippen LogP contribution is -2.31. The lowest BCUT2D eigenvalue weighted by atomic mass is 10.2. The van der Waals surface area contributed by atoms with Crippen LogP contribution in [0, 0.1) is 23.3 Å². The van der Waals surface area contributed by atoms with E-state index in [1.54, 1.807) is 12.2 Å². The van der Waals surface area contributed by atoms with Gasteiger partial charge >= 0.3 is 6.03 Å². The van der Waals surface area contributed by atoms with Crippen LogP contribution in [0.2, 0.25) is 0 Å². The molecule has 0 unspecified atom stereocenters. The Morgan fingerprint density at radius 3 is 2.12 bits per heavy atom. The van der Waals surface area contributed by atoms with Gasteiger partial charge in [-0.1, -0.05) is 0 Å². The van der Waals surface area contributed by atoms with Crippen molar-refractivity contribution >= 4 is 11.7 Å². The van der Waals surface area contributed by atoms with E-state index in [0.29, 0.717) is 0 Å². The fourth-order valence-corrected chi connectivity index (χ4v) is 1.03. The highest BCUT2D eigenvalue weighted by Gasteiger charge is 2.21. The fraction of sp³-hybridized carbons (Fsp3) is 0.300. The van der Waals surface area contributed by atoms with E-state index in [1.165, 1.54) is 7.05 Å². The topological polar surface area (TPSA) is 32.3 Å². The summed E-state index contributed by atoms with van der Waals surface area (Å²) >= 11 is 0. The number of nitrogens with zero attached hydrogens (tertiary/aromatic N) is 1. The van der Waals surface area contributed by atoms with Gasteiger partial charge in [-0.15, -0.1) is 0 Å². The van der Waals surface area contributed by atoms with E-state index >= 15 is 0 Å². The molecular weight excluding hydrogens is 240 g/mol. The number of carbonyl (C=O) groups is 1. The average Bonchev–Trinajstić information content (AvgIpc) is 2.30. The van der Waals surface area contributed by atoms with E-state index in [-0.39, 0.29) is 12.6 Å². The van der Waals surface area contributed by atoms with Gasteiger partial charge in [-0.3, -0.25) is 0 Å². The van der Waals surface area contributed by atoms with Crippen molar-refractivity contribution in [3.63, 3.8) is 0 Å². The summed E-state index contributed by atoms with van der Waals surface area (Å²) in [6.45, 7) is 1.89. The van der Waals surface area contributed by atoms with Gasteiger partial charge in [0.05, 0.1) is 0 Å². The Balaban J connectivity index is 3.10. The molecule has 0 bridgehead atoms. The molecule has 1 N–H and O–H groups in total. The average molecular weight is 250 g/mol. The van der Waals surface area contributed by atoms with Gasteiger partial charge in [-0.05, 0) is 6.92 Å². The number of hydrogen-bond donors (Lipinski definition) is 1. The van der Waals surface area contributed by atoms with E-state index in [4.69, 9.17) is 0 Å². The molecule has 0 heterocycles. The summed E-state index contributed by atoms with van der Waals surface area (Å²) in [4.78, 5) is 12.4. The van der Waals surface area contributed by atoms with Crippen molar-refractivity contribution < 1.29 is 22.4 Å². The monoisotopic (exact) mass is 250 g/mol. The lowest BCUT2D eigenvalue weighted by Gasteiger charge is -2.16. The zero-order valence-electron chi connectivity index (χ0n) is 9.15. The van der Waals surface area contributed by atoms with Crippen LogP contribution in [0.5, 0.6) is 0 Å². The molecule has 1 aromatic rings. The second kappa shape index (κ2) is 5.03. The van der Waals surface area contributed by atoms with E-state index in [0.717, 1.165) is 4.90 Å². The number of hydrogen-bond acceptors (Lipinski definition) is 1. The summed E-state index contributed by atoms with van der Waals surface area (Å²) < 4.78 is 51.9. The predicted octanol–water partition coefficient (Wildman–Crippen LogP) is 2.73. The Morgan fingerprint density at radius 2 is 1.71 bits per heavy atom. The van der Waals surface area contributed by atoms with Crippen molar-refractivity contribution in [3.05, 3.63) is 29.3 Å². The maximum Gasteiger partial charge on any atom is 0.321 e. The Morgan fingerprint density at radius 1 is 1.24 bits per heavy atom. The van der Waals surface area contributed by atoms with Gasteiger partial charge in [0.25, 0.3) is 0 Å². The number of rotatable bonds is 2. The van der Waals surface area contributed by atoms with E-state index in [2.05, 4.69) is 0 Å². The minimum absolute atomic E-state index is 0.0733. The van der Waals surface area contributed by atoms with Crippen LogP contribution in [0.15, 0.2) is 6.07 Å². The summed E-state index contributed by atoms with van der Waals surface area (Å²) in [5.41, 5.74) is -1.13. The molecule has 0 aliphatic carbocycles. The highest BCUT2D eigenvalue weighted by molar-refractivity contribution is 5.89. The van der Waals surface area contributed by atoms with Gasteiger partial charge in [-0.25, -0.2) is 22.4 Å². The van der Waals surface area contributed by atoms with Crippen LogP contribution in [-0.4, -0.2) is 24.5 Å². The van der Waals surface area contributed by atoms with Gasteiger partial charge in [0.2, 0.25) is 0 Å². The third kappa shape index (κ3) is 2.66. The van der Waals surface area contributed by atoms with Crippen molar-refractivity contribution in [3.8, 4) is 0 Å². The molecule has 0 aliphatic rings. The van der Waals surface area contributed by atoms with Crippen LogP contribution >= 0.6 is 0 Å². The van der Waals surface area contributed by atoms with Crippen molar-refractivity contribution in [2.24, 2.45) is 0 Å². The molecule has 17 heavy (non-hydrogen) atoms. The van der Waals surface area contributed by atoms with Crippen LogP contribution in [0.4, 0.5) is 28.0 Å². The molecule has 3 nitrogen and oxygen atoms in total. The van der Waals surface area contributed by atoms with Crippen molar-refractivity contribution in [1.82, 2.24) is 4.90 Å². The quantitative estimate of drug-likeness (QED) is 0.635. The summed E-state index contributed by atoms with van der Waals surface area (Å²) in [6, 6.07) is -0.792. The standard InChI is InChI=1S/C10H10F4N2O/c1-3-16(2)10(17)15-9-7(13)5(11)4-6(12)8(9)14/h4H,3H2,1-2H3,(H,15,17). The summed E-state index contributed by atoms with van der Waals surface area (Å²) in [6.07, 6.45) is 0. The minimum Gasteiger partial charge on any atom is -0.328 e. The first-order valence-electron chi connectivity index (χ1n) is 4.73. The third-order valence-electron chi connectivity index (χ3n) is 2.16. The molecule has 7 heteroatoms. The molecule has 2 amide bonds. The zero-order chi connectivity index (χ0) is 13.2. The molecule has 0 atom stereocenters. The highest BCUT2D eigenvalue weighted by atomic mass is 19.2. The predicted molar refractivity (Wildman–Crippen MR) is 53.6 cm³/mol. The molecule has 0 radical (unpaired) electrons. The number of benzene rings is 1. The van der Waals surface area contributed by atoms with Crippen LogP contribution in [0.1, 0.15) is 6.92 Å². The molecule has 0 aliphatic heterocycles. The van der Waals surface area contributed by atoms with Crippen LogP contribution in [0.3, 0.4) is 0 Å². The van der Waals surface area contributed by atoms with Crippen LogP contribution < -0.4 is 5.32 Å². The zero-order valence-corrected chi connectivity index (χ0v) is 9.15. The molecule has 94 valence electrons. The first-order chi connectivity index (χ1) is 7.88. The normalized spacial score (nSPS) is 10.2. The molecule has 1 rings (SSSR count). The molecule has 1 aromatic carbocycles. The number of urea groups is 1. The van der Waals surface area contributed by atoms with E-state index in [9.17, 15) is 22.4 Å². The number of halogens is 4. The number of anilines is 1. The second-order valence-electron chi connectivity index (χ2n) is 3.29. The van der Waals surface area contributed by atoms with Crippen LogP contribution in [0.25, 0.3) is 0 Å². The molecule has 0 aromatic heterocycles. The maximum atomic E-state index is 13.2. The highest BCUT2D eigenvalue weighted by Crippen LogP contribution is 2.24. The third-order valence-corrected chi connectivity index (χ3v) is 2.16. The Hall–Kier alpha value is -1.79. The van der Waals surface area contributed by atoms with Gasteiger partial charge < -0.3 is 10.2 Å². The first-order valence-corrected chi connectivity index (χ1v) is 4.73. The molecular formula is C10H10F4N2O. The number of amides is 2. The SMILES string of the molecule is CCN(C)C(=O)Nc1c(F)c(F)cc(F)c1F. The Kier molecular flexibility index (Phi) is 3.93. The van der Waals surface area contributed by atoms with Crippen molar-refractivity contribution in [2.45, 2.75) is 6.92 Å². The molecule has 0 saturated carbocycles. The molecule has 0 spiro atoms. The Labute approximate surface area is 95.0 Å². The van der Waals surface area contributed by atoms with Crippen molar-refractivity contribution in [2.75, 3.05) is 18.9 Å². The largest absolute Gasteiger partial charge is 0.328 e. The smallest absolute Gasteiger partial charge is 0.321 e. The summed E-state index contributed by atoms with van der Waals surface area (Å²) in [5.74, 6) is -6.42.